The number of nitrogens with zero attached hydrogens (tertiary/aromatic N) is 6. The molecule has 0 spiro atoms. The van der Waals surface area contributed by atoms with Gasteiger partial charge in [-0.25, -0.2) is 4.63 Å². The Morgan fingerprint density at radius 2 is 2.44 bits per heavy atom. The fourth-order valence-corrected chi connectivity index (χ4v) is 1.98. The largest absolute Gasteiger partial charge is 0.466 e. The number of nitrogens with one attached hydrogen (secondary N) is 2. The number of halogens is 1. The van der Waals surface area contributed by atoms with E-state index in [2.05, 4.69) is 30.8 Å². The molecule has 0 saturated heterocycles. The van der Waals surface area contributed by atoms with Gasteiger partial charge in [0, 0.05) is 12.6 Å². The summed E-state index contributed by atoms with van der Waals surface area (Å²) >= 11 is 5.80. The molecule has 0 saturated carbocycles. The van der Waals surface area contributed by atoms with Gasteiger partial charge in [0.1, 0.15) is 36.3 Å². The number of furan rings is 1. The van der Waals surface area contributed by atoms with E-state index in [-0.39, 0.29) is 30.4 Å². The molecule has 12 nitrogen and oxygen atoms in total. The quantitative estimate of drug-likeness (QED) is 0.128. The highest BCUT2D eigenvalue weighted by Gasteiger charge is 2.24. The summed E-state index contributed by atoms with van der Waals surface area (Å²) in [5, 5.41) is 18.0. The van der Waals surface area contributed by atoms with Crippen molar-refractivity contribution in [2.75, 3.05) is 25.5 Å². The molecule has 0 aliphatic rings. The van der Waals surface area contributed by atoms with Gasteiger partial charge < -0.3 is 14.6 Å². The van der Waals surface area contributed by atoms with Crippen LogP contribution in [0.1, 0.15) is 11.5 Å². The summed E-state index contributed by atoms with van der Waals surface area (Å²) in [6.07, 6.45) is 1.87. The summed E-state index contributed by atoms with van der Waals surface area (Å²) in [4.78, 5) is 20.4. The Balaban J connectivity index is 2.21. The predicted octanol–water partition coefficient (Wildman–Crippen LogP) is 1.24. The van der Waals surface area contributed by atoms with Gasteiger partial charge in [-0.15, -0.1) is 0 Å². The summed E-state index contributed by atoms with van der Waals surface area (Å²) < 4.78 is 9.92. The average Bonchev–Trinajstić information content (AvgIpc) is 3.23. The van der Waals surface area contributed by atoms with Crippen molar-refractivity contribution in [1.82, 2.24) is 20.1 Å². The SMILES string of the molecule is CO/N=C(/c1nonc1NCCN=[N+]=N)N(C=O)Cc1cc(Cl)co1. The molecule has 0 aliphatic heterocycles. The van der Waals surface area contributed by atoms with Crippen LogP contribution in [-0.4, -0.2) is 47.7 Å². The number of rotatable bonds is 9. The van der Waals surface area contributed by atoms with Crippen LogP contribution < -0.4 is 10.2 Å². The van der Waals surface area contributed by atoms with E-state index in [4.69, 9.17) is 31.0 Å². The third kappa shape index (κ3) is 4.86. The molecule has 0 atom stereocenters. The Morgan fingerprint density at radius 3 is 3.08 bits per heavy atom. The third-order valence-corrected chi connectivity index (χ3v) is 3.00. The van der Waals surface area contributed by atoms with Crippen molar-refractivity contribution >= 4 is 29.7 Å². The number of carbonyl (C=O) groups is 1. The summed E-state index contributed by atoms with van der Waals surface area (Å²) in [7, 11) is 1.32. The summed E-state index contributed by atoms with van der Waals surface area (Å²) in [6, 6.07) is 1.56. The molecule has 0 radical (unpaired) electrons. The highest BCUT2D eigenvalue weighted by molar-refractivity contribution is 6.30. The third-order valence-electron chi connectivity index (χ3n) is 2.80. The highest BCUT2D eigenvalue weighted by atomic mass is 35.5. The van der Waals surface area contributed by atoms with Gasteiger partial charge in [-0.05, 0) is 10.3 Å². The normalized spacial score (nSPS) is 10.9. The van der Waals surface area contributed by atoms with Crippen LogP contribution in [-0.2, 0) is 16.2 Å². The number of aromatic nitrogens is 2. The lowest BCUT2D eigenvalue weighted by Gasteiger charge is -2.16. The molecule has 13 heteroatoms. The lowest BCUT2D eigenvalue weighted by Crippen LogP contribution is -2.31. The van der Waals surface area contributed by atoms with Crippen LogP contribution in [0.15, 0.2) is 31.6 Å². The van der Waals surface area contributed by atoms with E-state index in [1.807, 2.05) is 0 Å². The fourth-order valence-electron chi connectivity index (χ4n) is 1.81. The minimum absolute atomic E-state index is 0.0395. The van der Waals surface area contributed by atoms with E-state index < -0.39 is 0 Å². The second-order valence-corrected chi connectivity index (χ2v) is 4.85. The molecule has 132 valence electrons. The standard InChI is InChI=1S/C12H14ClN8O4/c1-23-19-12(21(7-22)5-9-4-8(13)6-24-9)10-11(18-25-17-10)15-2-3-16-20-14/h4,6-7,14H,2-3,5H2,1H3,(H,15,18)/q+1/b19-12-. The Labute approximate surface area is 145 Å². The van der Waals surface area contributed by atoms with Gasteiger partial charge in [-0.3, -0.25) is 9.69 Å². The Bertz CT molecular complexity index is 782. The maximum atomic E-state index is 11.5. The molecule has 2 heterocycles. The first-order valence-corrected chi connectivity index (χ1v) is 7.23. The van der Waals surface area contributed by atoms with E-state index in [1.165, 1.54) is 18.3 Å². The molecule has 2 rings (SSSR count). The van der Waals surface area contributed by atoms with Crippen LogP contribution >= 0.6 is 11.6 Å². The monoisotopic (exact) mass is 369 g/mol. The van der Waals surface area contributed by atoms with Gasteiger partial charge in [-0.2, -0.15) is 0 Å². The van der Waals surface area contributed by atoms with E-state index in [0.29, 0.717) is 23.7 Å². The number of amidine groups is 1. The van der Waals surface area contributed by atoms with Crippen molar-refractivity contribution in [2.24, 2.45) is 10.3 Å². The smallest absolute Gasteiger partial charge is 0.215 e. The number of anilines is 1. The van der Waals surface area contributed by atoms with Crippen molar-refractivity contribution in [3.05, 3.63) is 28.8 Å². The molecule has 0 bridgehead atoms. The number of hydrogen-bond acceptors (Lipinski definition) is 10. The highest BCUT2D eigenvalue weighted by Crippen LogP contribution is 2.18. The van der Waals surface area contributed by atoms with E-state index in [0.717, 1.165) is 0 Å². The number of hydrogen-bond donors (Lipinski definition) is 2. The second-order valence-electron chi connectivity index (χ2n) is 4.42. The van der Waals surface area contributed by atoms with Gasteiger partial charge >= 0.3 is 0 Å². The average molecular weight is 370 g/mol. The minimum atomic E-state index is 0.0395. The zero-order valence-corrected chi connectivity index (χ0v) is 13.8. The summed E-state index contributed by atoms with van der Waals surface area (Å²) in [5.74, 6) is 0.707. The Hall–Kier alpha value is -3.24. The zero-order valence-electron chi connectivity index (χ0n) is 13.0. The van der Waals surface area contributed by atoms with Crippen molar-refractivity contribution in [2.45, 2.75) is 6.54 Å². The molecule has 2 aromatic rings. The molecule has 0 fully saturated rings. The second kappa shape index (κ2) is 9.15. The van der Waals surface area contributed by atoms with E-state index in [1.54, 1.807) is 6.07 Å². The number of carbonyl (C=O) groups excluding carboxylic acids is 1. The van der Waals surface area contributed by atoms with Gasteiger partial charge in [0.15, 0.2) is 5.69 Å². The van der Waals surface area contributed by atoms with Crippen LogP contribution in [0, 0.1) is 5.53 Å². The maximum Gasteiger partial charge on any atom is 0.215 e. The Morgan fingerprint density at radius 1 is 1.60 bits per heavy atom. The first-order valence-electron chi connectivity index (χ1n) is 6.85. The lowest BCUT2D eigenvalue weighted by atomic mass is 10.3. The molecular weight excluding hydrogens is 356 g/mol. The van der Waals surface area contributed by atoms with Crippen LogP contribution in [0.3, 0.4) is 0 Å². The minimum Gasteiger partial charge on any atom is -0.466 e. The first kappa shape index (κ1) is 18.1. The van der Waals surface area contributed by atoms with E-state index >= 15 is 0 Å². The van der Waals surface area contributed by atoms with Gasteiger partial charge in [0.2, 0.25) is 23.0 Å². The topological polar surface area (TPSA) is 156 Å². The first-order chi connectivity index (χ1) is 12.2. The van der Waals surface area contributed by atoms with E-state index in [9.17, 15) is 4.79 Å². The maximum absolute atomic E-state index is 11.5. The van der Waals surface area contributed by atoms with Crippen LogP contribution in [0.25, 0.3) is 0 Å². The van der Waals surface area contributed by atoms with Gasteiger partial charge in [-0.1, -0.05) is 16.8 Å². The fraction of sp³-hybridized carbons (Fsp3) is 0.333. The van der Waals surface area contributed by atoms with Crippen LogP contribution in [0.2, 0.25) is 5.02 Å². The Kier molecular flexibility index (Phi) is 6.63. The van der Waals surface area contributed by atoms with Crippen molar-refractivity contribution in [3.8, 4) is 0 Å². The summed E-state index contributed by atoms with van der Waals surface area (Å²) in [6.45, 7) is 0.603. The predicted molar refractivity (Wildman–Crippen MR) is 83.8 cm³/mol. The molecule has 2 N–H and O–H groups in total. The van der Waals surface area contributed by atoms with Crippen LogP contribution in [0.4, 0.5) is 5.82 Å². The molecule has 2 aromatic heterocycles. The molecule has 25 heavy (non-hydrogen) atoms. The van der Waals surface area contributed by atoms with Crippen molar-refractivity contribution in [3.63, 3.8) is 0 Å². The molecule has 0 aromatic carbocycles. The lowest BCUT2D eigenvalue weighted by molar-refractivity contribution is -0.115. The van der Waals surface area contributed by atoms with Crippen molar-refractivity contribution in [1.29, 1.82) is 5.53 Å². The van der Waals surface area contributed by atoms with Gasteiger partial charge in [0.05, 0.1) is 11.6 Å². The molecule has 0 unspecified atom stereocenters. The van der Waals surface area contributed by atoms with Crippen molar-refractivity contribution < 1.29 is 18.7 Å². The molecular formula is C12H14ClN8O4+. The number of amides is 1. The van der Waals surface area contributed by atoms with Crippen LogP contribution in [0.5, 0.6) is 0 Å². The molecule has 1 amide bonds. The molecule has 0 aliphatic carbocycles. The number of oxime groups is 1. The summed E-state index contributed by atoms with van der Waals surface area (Å²) in [5.41, 5.74) is 6.74. The van der Waals surface area contributed by atoms with Gasteiger partial charge in [0.25, 0.3) is 0 Å². The zero-order chi connectivity index (χ0) is 18.1.